The number of rotatable bonds is 6. The van der Waals surface area contributed by atoms with Crippen molar-refractivity contribution in [1.29, 1.82) is 0 Å². The van der Waals surface area contributed by atoms with Crippen molar-refractivity contribution in [2.75, 3.05) is 0 Å². The van der Waals surface area contributed by atoms with Gasteiger partial charge in [-0.2, -0.15) is 0 Å². The van der Waals surface area contributed by atoms with Gasteiger partial charge in [-0.15, -0.1) is 0 Å². The first-order valence-electron chi connectivity index (χ1n) is 11.5. The predicted octanol–water partition coefficient (Wildman–Crippen LogP) is 5.66. The van der Waals surface area contributed by atoms with E-state index in [1.165, 1.54) is 21.8 Å². The number of hydrogen-bond donors (Lipinski definition) is 1. The third-order valence-electron chi connectivity index (χ3n) is 6.75. The fourth-order valence-corrected chi connectivity index (χ4v) is 3.99. The molecule has 4 nitrogen and oxygen atoms in total. The largest absolute Gasteiger partial charge is 0.427 e. The fraction of sp³-hybridized carbons (Fsp3) is 0.207. The highest BCUT2D eigenvalue weighted by Gasteiger charge is 2.35. The Morgan fingerprint density at radius 3 is 1.88 bits per heavy atom. The van der Waals surface area contributed by atoms with Gasteiger partial charge in [0.2, 0.25) is 0 Å². The van der Waals surface area contributed by atoms with Crippen LogP contribution in [0.4, 0.5) is 0 Å². The van der Waals surface area contributed by atoms with Crippen molar-refractivity contribution in [3.63, 3.8) is 0 Å². The Morgan fingerprint density at radius 1 is 0.765 bits per heavy atom. The number of hydrogen-bond acceptors (Lipinski definition) is 3. The van der Waals surface area contributed by atoms with Crippen LogP contribution < -0.4 is 5.46 Å². The van der Waals surface area contributed by atoms with Crippen molar-refractivity contribution < 1.29 is 9.76 Å². The molecule has 34 heavy (non-hydrogen) atoms. The molecule has 0 aliphatic carbocycles. The zero-order valence-corrected chi connectivity index (χ0v) is 20.0. The average Bonchev–Trinajstić information content (AvgIpc) is 3.17. The van der Waals surface area contributed by atoms with E-state index >= 15 is 0 Å². The first-order valence-corrected chi connectivity index (χ1v) is 11.5. The van der Waals surface area contributed by atoms with Crippen molar-refractivity contribution in [2.45, 2.75) is 38.9 Å². The van der Waals surface area contributed by atoms with Crippen molar-refractivity contribution >= 4 is 34.8 Å². The van der Waals surface area contributed by atoms with Gasteiger partial charge in [-0.1, -0.05) is 54.6 Å². The summed E-state index contributed by atoms with van der Waals surface area (Å²) in [7, 11) is 1.65. The van der Waals surface area contributed by atoms with E-state index in [-0.39, 0.29) is 0 Å². The molecule has 0 saturated heterocycles. The summed E-state index contributed by atoms with van der Waals surface area (Å²) in [5.41, 5.74) is 4.63. The lowest BCUT2D eigenvalue weighted by Crippen LogP contribution is -2.49. The second-order valence-electron chi connectivity index (χ2n) is 9.70. The molecule has 5 aromatic rings. The summed E-state index contributed by atoms with van der Waals surface area (Å²) in [6, 6.07) is 29.5. The molecule has 1 N–H and O–H groups in total. The number of benzene rings is 3. The Hall–Kier alpha value is -3.41. The first kappa shape index (κ1) is 22.4. The molecular formula is C29H28BN2O2. The zero-order chi connectivity index (χ0) is 23.9. The topological polar surface area (TPSA) is 47.3 Å². The Kier molecular flexibility index (Phi) is 5.55. The molecular weight excluding hydrogens is 419 g/mol. The minimum Gasteiger partial charge on any atom is -0.427 e. The van der Waals surface area contributed by atoms with Gasteiger partial charge in [0, 0.05) is 28.2 Å². The molecule has 5 heteroatoms. The molecule has 0 spiro atoms. The maximum absolute atomic E-state index is 10.3. The van der Waals surface area contributed by atoms with Crippen molar-refractivity contribution in [3.8, 4) is 16.9 Å². The molecule has 0 amide bonds. The number of pyridine rings is 1. The molecule has 0 atom stereocenters. The fourth-order valence-electron chi connectivity index (χ4n) is 3.99. The minimum atomic E-state index is -0.963. The lowest BCUT2D eigenvalue weighted by atomic mass is 9.83. The van der Waals surface area contributed by atoms with Crippen molar-refractivity contribution in [3.05, 3.63) is 91.1 Å². The maximum atomic E-state index is 10.3. The number of aromatic nitrogens is 2. The van der Waals surface area contributed by atoms with Gasteiger partial charge in [-0.05, 0) is 63.5 Å². The van der Waals surface area contributed by atoms with E-state index in [0.717, 1.165) is 22.4 Å². The summed E-state index contributed by atoms with van der Waals surface area (Å²) in [6.07, 6.45) is 1.79. The van der Waals surface area contributed by atoms with E-state index in [2.05, 4.69) is 82.3 Å². The zero-order valence-electron chi connectivity index (χ0n) is 20.0. The van der Waals surface area contributed by atoms with Gasteiger partial charge in [0.05, 0.1) is 27.9 Å². The Bertz CT molecular complexity index is 1390. The summed E-state index contributed by atoms with van der Waals surface area (Å²) >= 11 is 0. The second-order valence-corrected chi connectivity index (χ2v) is 9.70. The number of nitrogens with zero attached hydrogens (tertiary/aromatic N) is 2. The van der Waals surface area contributed by atoms with E-state index in [4.69, 9.17) is 4.65 Å². The van der Waals surface area contributed by atoms with E-state index in [1.54, 1.807) is 27.5 Å². The average molecular weight is 447 g/mol. The van der Waals surface area contributed by atoms with Crippen LogP contribution in [0.15, 0.2) is 91.1 Å². The van der Waals surface area contributed by atoms with Crippen LogP contribution in [0, 0.1) is 0 Å². The van der Waals surface area contributed by atoms with Gasteiger partial charge in [-0.3, -0.25) is 4.98 Å². The monoisotopic (exact) mass is 447 g/mol. The molecule has 0 unspecified atom stereocenters. The van der Waals surface area contributed by atoms with Crippen LogP contribution in [0.25, 0.3) is 38.8 Å². The highest BCUT2D eigenvalue weighted by molar-refractivity contribution is 6.46. The quantitative estimate of drug-likeness (QED) is 0.342. The van der Waals surface area contributed by atoms with Gasteiger partial charge in [0.1, 0.15) is 0 Å². The molecule has 2 aromatic heterocycles. The van der Waals surface area contributed by atoms with Crippen LogP contribution >= 0.6 is 0 Å². The summed E-state index contributed by atoms with van der Waals surface area (Å²) in [4.78, 5) is 4.62. The molecule has 169 valence electrons. The van der Waals surface area contributed by atoms with Crippen molar-refractivity contribution in [2.24, 2.45) is 0 Å². The van der Waals surface area contributed by atoms with E-state index in [0.29, 0.717) is 0 Å². The predicted molar refractivity (Wildman–Crippen MR) is 141 cm³/mol. The highest BCUT2D eigenvalue weighted by Crippen LogP contribution is 2.32. The molecule has 5 rings (SSSR count). The van der Waals surface area contributed by atoms with Gasteiger partial charge in [-0.25, -0.2) is 0 Å². The smallest absolute Gasteiger partial charge is 0.332 e. The Balaban J connectivity index is 1.40. The third-order valence-corrected chi connectivity index (χ3v) is 6.75. The third kappa shape index (κ3) is 4.02. The molecule has 0 aliphatic heterocycles. The van der Waals surface area contributed by atoms with Crippen LogP contribution in [-0.4, -0.2) is 33.3 Å². The Morgan fingerprint density at radius 2 is 1.35 bits per heavy atom. The molecule has 0 fully saturated rings. The number of aliphatic hydroxyl groups is 1. The van der Waals surface area contributed by atoms with Crippen molar-refractivity contribution in [1.82, 2.24) is 9.55 Å². The van der Waals surface area contributed by atoms with E-state index in [9.17, 15) is 5.11 Å². The van der Waals surface area contributed by atoms with Gasteiger partial charge in [0.25, 0.3) is 0 Å². The highest BCUT2D eigenvalue weighted by atomic mass is 16.5. The number of para-hydroxylation sites is 2. The summed E-state index contributed by atoms with van der Waals surface area (Å²) in [5, 5.41) is 12.8. The standard InChI is InChI=1S/C29H28BN2O2/c1-28(2,33)29(3,4)34-30-21-15-18-25(31-19-21)20-13-16-22(17-14-20)32-26-11-7-5-9-23(26)24-10-6-8-12-27(24)32/h5-19,33H,1-4H3. The van der Waals surface area contributed by atoms with Crippen LogP contribution in [0.1, 0.15) is 27.7 Å². The lowest BCUT2D eigenvalue weighted by Gasteiger charge is -2.37. The number of fused-ring (bicyclic) bond motifs is 3. The first-order chi connectivity index (χ1) is 16.2. The normalized spacial score (nSPS) is 12.4. The molecule has 0 aliphatic rings. The molecule has 3 aromatic carbocycles. The van der Waals surface area contributed by atoms with Crippen LogP contribution in [-0.2, 0) is 4.65 Å². The lowest BCUT2D eigenvalue weighted by molar-refractivity contribution is -0.0893. The van der Waals surface area contributed by atoms with Crippen LogP contribution in [0.5, 0.6) is 0 Å². The van der Waals surface area contributed by atoms with E-state index < -0.39 is 11.2 Å². The molecule has 0 bridgehead atoms. The Labute approximate surface area is 201 Å². The van der Waals surface area contributed by atoms with Gasteiger partial charge < -0.3 is 14.3 Å². The maximum Gasteiger partial charge on any atom is 0.332 e. The summed E-state index contributed by atoms with van der Waals surface area (Å²) in [6.45, 7) is 7.21. The SMILES string of the molecule is CC(C)(O)C(C)(C)O[B]c1ccc(-c2ccc(-n3c4ccccc4c4ccccc43)cc2)nc1. The van der Waals surface area contributed by atoms with Gasteiger partial charge >= 0.3 is 7.48 Å². The summed E-state index contributed by atoms with van der Waals surface area (Å²) < 4.78 is 8.14. The second kappa shape index (κ2) is 8.42. The molecule has 2 heterocycles. The summed E-state index contributed by atoms with van der Waals surface area (Å²) in [5.74, 6) is 0. The minimum absolute atomic E-state index is 0.714. The molecule has 1 radical (unpaired) electrons. The molecule has 0 saturated carbocycles. The van der Waals surface area contributed by atoms with E-state index in [1.807, 2.05) is 26.0 Å². The van der Waals surface area contributed by atoms with Crippen LogP contribution in [0.2, 0.25) is 0 Å². The van der Waals surface area contributed by atoms with Gasteiger partial charge in [0.15, 0.2) is 0 Å². The van der Waals surface area contributed by atoms with Crippen LogP contribution in [0.3, 0.4) is 0 Å².